The smallest absolute Gasteiger partial charge is 0.0313 e. The van der Waals surface area contributed by atoms with Gasteiger partial charge in [-0.25, -0.2) is 0 Å². The molecule has 0 aromatic heterocycles. The number of hydrogen-bond donors (Lipinski definition) is 1. The van der Waals surface area contributed by atoms with Gasteiger partial charge in [-0.1, -0.05) is 46.2 Å². The van der Waals surface area contributed by atoms with Crippen LogP contribution in [0.25, 0.3) is 0 Å². The first-order valence-electron chi connectivity index (χ1n) is 4.41. The summed E-state index contributed by atoms with van der Waals surface area (Å²) in [6.45, 7) is 6.36. The van der Waals surface area contributed by atoms with Crippen molar-refractivity contribution < 1.29 is 0 Å². The molecule has 0 bridgehead atoms. The molecule has 0 radical (unpaired) electrons. The topological polar surface area (TPSA) is 12.0 Å². The molecule has 0 aliphatic heterocycles. The van der Waals surface area contributed by atoms with Gasteiger partial charge in [-0.05, 0) is 24.6 Å². The molecule has 1 N–H and O–H groups in total. The van der Waals surface area contributed by atoms with E-state index in [9.17, 15) is 0 Å². The van der Waals surface area contributed by atoms with Crippen LogP contribution in [0.4, 0.5) is 0 Å². The molecule has 0 fully saturated rings. The van der Waals surface area contributed by atoms with E-state index in [1.165, 1.54) is 5.56 Å². The average Bonchev–Trinajstić information content (AvgIpc) is 2.14. The Morgan fingerprint density at radius 2 is 2.36 bits per heavy atom. The van der Waals surface area contributed by atoms with Crippen LogP contribution in [-0.4, -0.2) is 6.54 Å². The lowest BCUT2D eigenvalue weighted by atomic mass is 10.1. The lowest BCUT2D eigenvalue weighted by Gasteiger charge is -2.13. The number of rotatable bonds is 4. The summed E-state index contributed by atoms with van der Waals surface area (Å²) < 4.78 is 1.09. The summed E-state index contributed by atoms with van der Waals surface area (Å²) in [7, 11) is 0. The molecule has 0 saturated carbocycles. The van der Waals surface area contributed by atoms with Gasteiger partial charge in [0.05, 0.1) is 0 Å². The van der Waals surface area contributed by atoms with Crippen LogP contribution < -0.4 is 5.32 Å². The maximum Gasteiger partial charge on any atom is 0.0313 e. The zero-order valence-electron chi connectivity index (χ0n) is 8.06. The Balaban J connectivity index is 2.60. The highest BCUT2D eigenvalue weighted by atomic mass is 79.9. The van der Waals surface area contributed by atoms with E-state index in [4.69, 9.17) is 11.6 Å². The molecule has 76 valence electrons. The van der Waals surface area contributed by atoms with E-state index in [-0.39, 0.29) is 6.04 Å². The van der Waals surface area contributed by atoms with Crippen molar-refractivity contribution in [2.75, 3.05) is 6.54 Å². The van der Waals surface area contributed by atoms with E-state index in [2.05, 4.69) is 46.9 Å². The molecule has 14 heavy (non-hydrogen) atoms. The van der Waals surface area contributed by atoms with Gasteiger partial charge in [0.15, 0.2) is 0 Å². The van der Waals surface area contributed by atoms with Gasteiger partial charge in [0.25, 0.3) is 0 Å². The number of benzene rings is 1. The van der Waals surface area contributed by atoms with Gasteiger partial charge < -0.3 is 5.32 Å². The molecule has 1 rings (SSSR count). The van der Waals surface area contributed by atoms with Gasteiger partial charge >= 0.3 is 0 Å². The Kier molecular flexibility index (Phi) is 4.66. The summed E-state index contributed by atoms with van der Waals surface area (Å²) in [5.74, 6) is 0. The van der Waals surface area contributed by atoms with Crippen molar-refractivity contribution in [3.05, 3.63) is 45.9 Å². The summed E-state index contributed by atoms with van der Waals surface area (Å²) >= 11 is 9.11. The normalized spacial score (nSPS) is 12.5. The highest BCUT2D eigenvalue weighted by Crippen LogP contribution is 2.17. The van der Waals surface area contributed by atoms with E-state index < -0.39 is 0 Å². The van der Waals surface area contributed by atoms with Crippen molar-refractivity contribution in [2.45, 2.75) is 13.0 Å². The molecule has 1 atom stereocenters. The van der Waals surface area contributed by atoms with Crippen molar-refractivity contribution in [3.63, 3.8) is 0 Å². The standard InChI is InChI=1S/C11H13BrClN/c1-8(13)7-14-9(2)10-4-3-5-11(12)6-10/h3-6,9,14H,1,7H2,2H3. The monoisotopic (exact) mass is 273 g/mol. The van der Waals surface area contributed by atoms with Crippen LogP contribution in [0, 0.1) is 0 Å². The first-order chi connectivity index (χ1) is 6.59. The fourth-order valence-electron chi connectivity index (χ4n) is 1.16. The van der Waals surface area contributed by atoms with E-state index in [1.807, 2.05) is 12.1 Å². The van der Waals surface area contributed by atoms with Gasteiger partial charge in [-0.3, -0.25) is 0 Å². The maximum atomic E-state index is 5.67. The van der Waals surface area contributed by atoms with Gasteiger partial charge in [0.2, 0.25) is 0 Å². The van der Waals surface area contributed by atoms with Crippen molar-refractivity contribution >= 4 is 27.5 Å². The predicted molar refractivity (Wildman–Crippen MR) is 65.6 cm³/mol. The van der Waals surface area contributed by atoms with Crippen molar-refractivity contribution in [1.29, 1.82) is 0 Å². The quantitative estimate of drug-likeness (QED) is 0.879. The number of hydrogen-bond acceptors (Lipinski definition) is 1. The molecule has 0 aliphatic rings. The van der Waals surface area contributed by atoms with Gasteiger partial charge in [-0.2, -0.15) is 0 Å². The van der Waals surface area contributed by atoms with Crippen LogP contribution in [0.3, 0.4) is 0 Å². The zero-order valence-corrected chi connectivity index (χ0v) is 10.4. The van der Waals surface area contributed by atoms with E-state index >= 15 is 0 Å². The van der Waals surface area contributed by atoms with Crippen LogP contribution in [0.2, 0.25) is 0 Å². The molecule has 1 aromatic rings. The molecular formula is C11H13BrClN. The minimum atomic E-state index is 0.281. The predicted octanol–water partition coefficient (Wildman–Crippen LogP) is 3.85. The summed E-state index contributed by atoms with van der Waals surface area (Å²) in [6, 6.07) is 8.49. The van der Waals surface area contributed by atoms with Crippen LogP contribution in [-0.2, 0) is 0 Å². The Labute approximate surface area is 98.3 Å². The SMILES string of the molecule is C=C(Cl)CNC(C)c1cccc(Br)c1. The summed E-state index contributed by atoms with van der Waals surface area (Å²) in [5, 5.41) is 3.90. The fraction of sp³-hybridized carbons (Fsp3) is 0.273. The van der Waals surface area contributed by atoms with E-state index in [0.29, 0.717) is 11.6 Å². The molecule has 0 spiro atoms. The van der Waals surface area contributed by atoms with Gasteiger partial charge in [0, 0.05) is 22.1 Å². The lowest BCUT2D eigenvalue weighted by molar-refractivity contribution is 0.614. The van der Waals surface area contributed by atoms with Crippen LogP contribution in [0.5, 0.6) is 0 Å². The van der Waals surface area contributed by atoms with Crippen molar-refractivity contribution in [1.82, 2.24) is 5.32 Å². The third-order valence-corrected chi connectivity index (χ3v) is 2.58. The third kappa shape index (κ3) is 3.82. The van der Waals surface area contributed by atoms with Crippen LogP contribution >= 0.6 is 27.5 Å². The van der Waals surface area contributed by atoms with Gasteiger partial charge in [0.1, 0.15) is 0 Å². The molecule has 1 unspecified atom stereocenters. The summed E-state index contributed by atoms with van der Waals surface area (Å²) in [5.41, 5.74) is 1.23. The molecule has 0 saturated heterocycles. The van der Waals surface area contributed by atoms with Crippen molar-refractivity contribution in [3.8, 4) is 0 Å². The first kappa shape index (κ1) is 11.8. The molecule has 0 amide bonds. The molecule has 1 nitrogen and oxygen atoms in total. The minimum absolute atomic E-state index is 0.281. The second kappa shape index (κ2) is 5.54. The summed E-state index contributed by atoms with van der Waals surface area (Å²) in [6.07, 6.45) is 0. The second-order valence-electron chi connectivity index (χ2n) is 3.17. The molecule has 0 aliphatic carbocycles. The molecule has 1 aromatic carbocycles. The average molecular weight is 275 g/mol. The molecular weight excluding hydrogens is 261 g/mol. The lowest BCUT2D eigenvalue weighted by Crippen LogP contribution is -2.19. The highest BCUT2D eigenvalue weighted by Gasteiger charge is 2.04. The highest BCUT2D eigenvalue weighted by molar-refractivity contribution is 9.10. The van der Waals surface area contributed by atoms with E-state index in [0.717, 1.165) is 4.47 Å². The first-order valence-corrected chi connectivity index (χ1v) is 5.59. The Morgan fingerprint density at radius 3 is 2.93 bits per heavy atom. The zero-order chi connectivity index (χ0) is 10.6. The summed E-state index contributed by atoms with van der Waals surface area (Å²) in [4.78, 5) is 0. The fourth-order valence-corrected chi connectivity index (χ4v) is 1.65. The number of nitrogens with one attached hydrogen (secondary N) is 1. The minimum Gasteiger partial charge on any atom is -0.305 e. The largest absolute Gasteiger partial charge is 0.305 e. The van der Waals surface area contributed by atoms with Crippen molar-refractivity contribution in [2.24, 2.45) is 0 Å². The van der Waals surface area contributed by atoms with E-state index in [1.54, 1.807) is 0 Å². The van der Waals surface area contributed by atoms with Crippen LogP contribution in [0.1, 0.15) is 18.5 Å². The number of halogens is 2. The third-order valence-electron chi connectivity index (χ3n) is 1.95. The molecule has 0 heterocycles. The Bertz CT molecular complexity index is 325. The Morgan fingerprint density at radius 1 is 1.64 bits per heavy atom. The van der Waals surface area contributed by atoms with Crippen LogP contribution in [0.15, 0.2) is 40.3 Å². The Hall–Kier alpha value is -0.310. The molecule has 3 heteroatoms. The maximum absolute atomic E-state index is 5.67. The second-order valence-corrected chi connectivity index (χ2v) is 4.63. The van der Waals surface area contributed by atoms with Gasteiger partial charge in [-0.15, -0.1) is 0 Å².